The van der Waals surface area contributed by atoms with E-state index in [-0.39, 0.29) is 0 Å². The predicted molar refractivity (Wildman–Crippen MR) is 80.4 cm³/mol. The van der Waals surface area contributed by atoms with Crippen LogP contribution >= 0.6 is 11.8 Å². The molecule has 1 saturated heterocycles. The summed E-state index contributed by atoms with van der Waals surface area (Å²) in [6.07, 6.45) is 3.96. The second-order valence-corrected chi connectivity index (χ2v) is 6.01. The van der Waals surface area contributed by atoms with E-state index < -0.39 is 0 Å². The lowest BCUT2D eigenvalue weighted by Gasteiger charge is -2.21. The van der Waals surface area contributed by atoms with Crippen LogP contribution in [-0.2, 0) is 11.3 Å². The van der Waals surface area contributed by atoms with Gasteiger partial charge in [0.25, 0.3) is 0 Å². The zero-order chi connectivity index (χ0) is 13.5. The molecule has 1 fully saturated rings. The molecule has 1 unspecified atom stereocenters. The zero-order valence-corrected chi connectivity index (χ0v) is 12.2. The second kappa shape index (κ2) is 7.55. The van der Waals surface area contributed by atoms with Gasteiger partial charge < -0.3 is 15.8 Å². The van der Waals surface area contributed by atoms with Crippen molar-refractivity contribution in [1.82, 2.24) is 9.97 Å². The average Bonchev–Trinajstić information content (AvgIpc) is 2.43. The third-order valence-electron chi connectivity index (χ3n) is 3.01. The van der Waals surface area contributed by atoms with Crippen molar-refractivity contribution in [1.29, 1.82) is 0 Å². The number of hydrogen-bond donors (Lipinski definition) is 2. The smallest absolute Gasteiger partial charge is 0.158 e. The predicted octanol–water partition coefficient (Wildman–Crippen LogP) is 2.29. The summed E-state index contributed by atoms with van der Waals surface area (Å²) >= 11 is 2.04. The molecular formula is C13H22N4OS. The van der Waals surface area contributed by atoms with Crippen LogP contribution in [0.4, 0.5) is 11.6 Å². The van der Waals surface area contributed by atoms with E-state index in [2.05, 4.69) is 15.3 Å². The number of nitrogens with zero attached hydrogens (tertiary/aromatic N) is 2. The Morgan fingerprint density at radius 1 is 1.47 bits per heavy atom. The Morgan fingerprint density at radius 2 is 2.37 bits per heavy atom. The molecule has 1 atom stereocenters. The highest BCUT2D eigenvalue weighted by Gasteiger charge is 2.14. The summed E-state index contributed by atoms with van der Waals surface area (Å²) in [5.41, 5.74) is 5.79. The van der Waals surface area contributed by atoms with Crippen molar-refractivity contribution in [2.75, 3.05) is 30.0 Å². The lowest BCUT2D eigenvalue weighted by molar-refractivity contribution is 0.128. The highest BCUT2D eigenvalue weighted by Crippen LogP contribution is 2.25. The molecule has 0 bridgehead atoms. The first kappa shape index (κ1) is 14.4. The van der Waals surface area contributed by atoms with Crippen LogP contribution in [0.2, 0.25) is 0 Å². The number of aromatic nitrogens is 2. The molecule has 2 rings (SSSR count). The van der Waals surface area contributed by atoms with E-state index in [1.54, 1.807) is 6.07 Å². The van der Waals surface area contributed by atoms with E-state index in [0.29, 0.717) is 30.1 Å². The minimum absolute atomic E-state index is 0.411. The molecule has 1 aliphatic heterocycles. The lowest BCUT2D eigenvalue weighted by Crippen LogP contribution is -2.21. The number of hydrogen-bond acceptors (Lipinski definition) is 6. The van der Waals surface area contributed by atoms with E-state index in [9.17, 15) is 0 Å². The van der Waals surface area contributed by atoms with Gasteiger partial charge in [-0.15, -0.1) is 0 Å². The van der Waals surface area contributed by atoms with Gasteiger partial charge in [-0.3, -0.25) is 0 Å². The highest BCUT2D eigenvalue weighted by atomic mass is 32.2. The molecule has 106 valence electrons. The third-order valence-corrected chi connectivity index (χ3v) is 4.41. The summed E-state index contributed by atoms with van der Waals surface area (Å²) < 4.78 is 5.31. The molecule has 0 saturated carbocycles. The Hall–Kier alpha value is -1.01. The first-order chi connectivity index (χ1) is 9.28. The SMILES string of the molecule is CCOCc1nc(N)cc(NCC2CCCCS2)n1. The number of nitrogen functional groups attached to an aromatic ring is 1. The largest absolute Gasteiger partial charge is 0.384 e. The van der Waals surface area contributed by atoms with E-state index in [1.165, 1.54) is 25.0 Å². The van der Waals surface area contributed by atoms with Crippen molar-refractivity contribution in [2.45, 2.75) is 38.0 Å². The van der Waals surface area contributed by atoms with Gasteiger partial charge in [-0.1, -0.05) is 6.42 Å². The van der Waals surface area contributed by atoms with Crippen molar-refractivity contribution in [3.05, 3.63) is 11.9 Å². The molecule has 19 heavy (non-hydrogen) atoms. The van der Waals surface area contributed by atoms with E-state index in [1.807, 2.05) is 18.7 Å². The molecular weight excluding hydrogens is 260 g/mol. The van der Waals surface area contributed by atoms with Gasteiger partial charge in [0.05, 0.1) is 0 Å². The Labute approximate surface area is 118 Å². The molecule has 2 heterocycles. The summed E-state index contributed by atoms with van der Waals surface area (Å²) in [5.74, 6) is 3.20. The molecule has 1 aromatic heterocycles. The Bertz CT molecular complexity index is 396. The maximum absolute atomic E-state index is 5.79. The van der Waals surface area contributed by atoms with Gasteiger partial charge in [0, 0.05) is 24.5 Å². The summed E-state index contributed by atoms with van der Waals surface area (Å²) in [6, 6.07) is 1.78. The van der Waals surface area contributed by atoms with Gasteiger partial charge in [-0.2, -0.15) is 11.8 Å². The summed E-state index contributed by atoms with van der Waals surface area (Å²) in [7, 11) is 0. The number of thioether (sulfide) groups is 1. The number of rotatable bonds is 6. The van der Waals surface area contributed by atoms with Crippen LogP contribution < -0.4 is 11.1 Å². The lowest BCUT2D eigenvalue weighted by atomic mass is 10.2. The molecule has 1 aromatic rings. The van der Waals surface area contributed by atoms with Crippen LogP contribution in [0.1, 0.15) is 32.0 Å². The molecule has 0 spiro atoms. The van der Waals surface area contributed by atoms with Crippen molar-refractivity contribution < 1.29 is 4.74 Å². The maximum atomic E-state index is 5.79. The molecule has 0 amide bonds. The fourth-order valence-corrected chi connectivity index (χ4v) is 3.29. The van der Waals surface area contributed by atoms with Gasteiger partial charge >= 0.3 is 0 Å². The van der Waals surface area contributed by atoms with Crippen LogP contribution in [0.25, 0.3) is 0 Å². The van der Waals surface area contributed by atoms with Crippen molar-refractivity contribution in [3.63, 3.8) is 0 Å². The molecule has 0 radical (unpaired) electrons. The van der Waals surface area contributed by atoms with E-state index in [0.717, 1.165) is 12.4 Å². The third kappa shape index (κ3) is 4.87. The van der Waals surface area contributed by atoms with Gasteiger partial charge in [0.1, 0.15) is 18.2 Å². The number of nitrogens with two attached hydrogens (primary N) is 1. The Morgan fingerprint density at radius 3 is 3.11 bits per heavy atom. The summed E-state index contributed by atoms with van der Waals surface area (Å²) in [6.45, 7) is 3.95. The van der Waals surface area contributed by atoms with Crippen LogP contribution in [0.15, 0.2) is 6.07 Å². The van der Waals surface area contributed by atoms with Gasteiger partial charge in [-0.25, -0.2) is 9.97 Å². The maximum Gasteiger partial charge on any atom is 0.158 e. The Kier molecular flexibility index (Phi) is 5.72. The summed E-state index contributed by atoms with van der Waals surface area (Å²) in [5, 5.41) is 4.05. The van der Waals surface area contributed by atoms with Crippen LogP contribution in [0.3, 0.4) is 0 Å². The topological polar surface area (TPSA) is 73.1 Å². The number of ether oxygens (including phenoxy) is 1. The van der Waals surface area contributed by atoms with Crippen molar-refractivity contribution >= 4 is 23.4 Å². The molecule has 0 aliphatic carbocycles. The molecule has 0 aromatic carbocycles. The van der Waals surface area contributed by atoms with Crippen molar-refractivity contribution in [3.8, 4) is 0 Å². The Balaban J connectivity index is 1.89. The van der Waals surface area contributed by atoms with E-state index >= 15 is 0 Å². The first-order valence-corrected chi connectivity index (χ1v) is 7.89. The van der Waals surface area contributed by atoms with Crippen LogP contribution in [0.5, 0.6) is 0 Å². The second-order valence-electron chi connectivity index (χ2n) is 4.60. The molecule has 5 nitrogen and oxygen atoms in total. The molecule has 1 aliphatic rings. The van der Waals surface area contributed by atoms with Crippen molar-refractivity contribution in [2.24, 2.45) is 0 Å². The van der Waals surface area contributed by atoms with E-state index in [4.69, 9.17) is 10.5 Å². The minimum atomic E-state index is 0.411. The minimum Gasteiger partial charge on any atom is -0.384 e. The van der Waals surface area contributed by atoms with Crippen LogP contribution in [-0.4, -0.2) is 34.1 Å². The normalized spacial score (nSPS) is 19.3. The fourth-order valence-electron chi connectivity index (χ4n) is 2.05. The molecule has 6 heteroatoms. The monoisotopic (exact) mass is 282 g/mol. The average molecular weight is 282 g/mol. The van der Waals surface area contributed by atoms with Gasteiger partial charge in [0.15, 0.2) is 5.82 Å². The first-order valence-electron chi connectivity index (χ1n) is 6.84. The van der Waals surface area contributed by atoms with Gasteiger partial charge in [-0.05, 0) is 25.5 Å². The van der Waals surface area contributed by atoms with Gasteiger partial charge in [0.2, 0.25) is 0 Å². The zero-order valence-electron chi connectivity index (χ0n) is 11.4. The highest BCUT2D eigenvalue weighted by molar-refractivity contribution is 7.99. The standard InChI is InChI=1S/C13H22N4OS/c1-2-18-9-13-16-11(14)7-12(17-13)15-8-10-5-3-4-6-19-10/h7,10H,2-6,8-9H2,1H3,(H3,14,15,16,17). The molecule has 3 N–H and O–H groups in total. The van der Waals surface area contributed by atoms with Crippen LogP contribution in [0, 0.1) is 0 Å². The number of anilines is 2. The summed E-state index contributed by atoms with van der Waals surface area (Å²) in [4.78, 5) is 8.58. The number of nitrogens with one attached hydrogen (secondary N) is 1. The quantitative estimate of drug-likeness (QED) is 0.834. The fraction of sp³-hybridized carbons (Fsp3) is 0.692.